The molecule has 2 aromatic carbocycles. The van der Waals surface area contributed by atoms with Gasteiger partial charge in [0.1, 0.15) is 4.90 Å². The number of hydrogen-bond donors (Lipinski definition) is 0. The molecule has 2 aromatic rings. The number of halogens is 1. The van der Waals surface area contributed by atoms with Gasteiger partial charge in [0, 0.05) is 12.1 Å². The second kappa shape index (κ2) is 5.94. The first-order chi connectivity index (χ1) is 10.2. The fraction of sp³-hybridized carbons (Fsp3) is 0.143. The number of hydrogen-bond acceptors (Lipinski definition) is 5. The summed E-state index contributed by atoms with van der Waals surface area (Å²) in [6.07, 6.45) is 0. The zero-order valence-corrected chi connectivity index (χ0v) is 13.3. The van der Waals surface area contributed by atoms with Gasteiger partial charge in [-0.1, -0.05) is 17.7 Å². The summed E-state index contributed by atoms with van der Waals surface area (Å²) in [6, 6.07) is 7.90. The molecule has 8 heteroatoms. The quantitative estimate of drug-likeness (QED) is 0.481. The molecule has 0 N–H and O–H groups in total. The third kappa shape index (κ3) is 3.37. The van der Waals surface area contributed by atoms with Crippen LogP contribution in [0.5, 0.6) is 5.75 Å². The van der Waals surface area contributed by atoms with Crippen LogP contribution in [0.2, 0.25) is 5.02 Å². The van der Waals surface area contributed by atoms with Crippen LogP contribution in [-0.2, 0) is 10.1 Å². The van der Waals surface area contributed by atoms with Gasteiger partial charge in [0.25, 0.3) is 5.69 Å². The maximum Gasteiger partial charge on any atom is 0.339 e. The lowest BCUT2D eigenvalue weighted by molar-refractivity contribution is -0.384. The molecule has 0 aromatic heterocycles. The summed E-state index contributed by atoms with van der Waals surface area (Å²) in [5.41, 5.74) is 1.51. The van der Waals surface area contributed by atoms with Crippen molar-refractivity contribution in [2.75, 3.05) is 0 Å². The normalized spacial score (nSPS) is 11.2. The van der Waals surface area contributed by atoms with E-state index in [1.807, 2.05) is 6.92 Å². The van der Waals surface area contributed by atoms with Gasteiger partial charge in [-0.3, -0.25) is 10.1 Å². The molecule has 0 unspecified atom stereocenters. The molecule has 0 aliphatic rings. The third-order valence-electron chi connectivity index (χ3n) is 3.09. The van der Waals surface area contributed by atoms with Crippen molar-refractivity contribution in [1.29, 1.82) is 0 Å². The minimum Gasteiger partial charge on any atom is -0.377 e. The Morgan fingerprint density at radius 3 is 2.32 bits per heavy atom. The number of nitrogens with zero attached hydrogens (tertiary/aromatic N) is 1. The van der Waals surface area contributed by atoms with E-state index in [0.717, 1.165) is 29.3 Å². The molecule has 0 fully saturated rings. The van der Waals surface area contributed by atoms with E-state index in [1.165, 1.54) is 12.1 Å². The van der Waals surface area contributed by atoms with Crippen LogP contribution in [0, 0.1) is 24.0 Å². The van der Waals surface area contributed by atoms with Crippen molar-refractivity contribution >= 4 is 27.4 Å². The molecule has 0 saturated heterocycles. The Morgan fingerprint density at radius 2 is 1.77 bits per heavy atom. The number of nitro groups is 1. The zero-order valence-electron chi connectivity index (χ0n) is 11.7. The number of aryl methyl sites for hydroxylation is 2. The lowest BCUT2D eigenvalue weighted by atomic mass is 10.1. The minimum absolute atomic E-state index is 0.00924. The highest BCUT2D eigenvalue weighted by Crippen LogP contribution is 2.31. The Kier molecular flexibility index (Phi) is 4.39. The van der Waals surface area contributed by atoms with Crippen LogP contribution in [0.1, 0.15) is 11.1 Å². The van der Waals surface area contributed by atoms with E-state index in [0.29, 0.717) is 0 Å². The van der Waals surface area contributed by atoms with Crippen molar-refractivity contribution < 1.29 is 17.5 Å². The van der Waals surface area contributed by atoms with Crippen molar-refractivity contribution in [3.63, 3.8) is 0 Å². The molecule has 0 amide bonds. The first kappa shape index (κ1) is 16.3. The van der Waals surface area contributed by atoms with E-state index in [9.17, 15) is 18.5 Å². The highest BCUT2D eigenvalue weighted by molar-refractivity contribution is 7.87. The van der Waals surface area contributed by atoms with Crippen LogP contribution in [0.15, 0.2) is 41.3 Å². The highest BCUT2D eigenvalue weighted by atomic mass is 35.5. The van der Waals surface area contributed by atoms with Gasteiger partial charge in [0.2, 0.25) is 0 Å². The van der Waals surface area contributed by atoms with Crippen molar-refractivity contribution in [1.82, 2.24) is 0 Å². The van der Waals surface area contributed by atoms with Gasteiger partial charge in [0.05, 0.1) is 9.95 Å². The average molecular weight is 342 g/mol. The minimum atomic E-state index is -4.06. The Balaban J connectivity index is 2.36. The van der Waals surface area contributed by atoms with Gasteiger partial charge in [-0.2, -0.15) is 8.42 Å². The predicted molar refractivity (Wildman–Crippen MR) is 81.8 cm³/mol. The van der Waals surface area contributed by atoms with Crippen molar-refractivity contribution in [3.05, 3.63) is 62.7 Å². The lowest BCUT2D eigenvalue weighted by Gasteiger charge is -2.09. The number of non-ortho nitro benzene ring substituents is 1. The molecule has 0 saturated carbocycles. The zero-order chi connectivity index (χ0) is 16.5. The van der Waals surface area contributed by atoms with E-state index in [4.69, 9.17) is 15.8 Å². The monoisotopic (exact) mass is 341 g/mol. The molecule has 0 bridgehead atoms. The number of rotatable bonds is 4. The Bertz CT molecular complexity index is 848. The fourth-order valence-corrected chi connectivity index (χ4v) is 3.00. The molecule has 0 atom stereocenters. The van der Waals surface area contributed by atoms with Crippen molar-refractivity contribution in [2.24, 2.45) is 0 Å². The first-order valence-corrected chi connectivity index (χ1v) is 7.95. The summed E-state index contributed by atoms with van der Waals surface area (Å²) in [5.74, 6) is -0.162. The molecular formula is C14H12ClNO5S. The summed E-state index contributed by atoms with van der Waals surface area (Å²) < 4.78 is 29.4. The predicted octanol–water partition coefficient (Wildman–Crippen LogP) is 3.63. The summed E-state index contributed by atoms with van der Waals surface area (Å²) in [4.78, 5) is 9.99. The van der Waals surface area contributed by atoms with Gasteiger partial charge < -0.3 is 4.18 Å². The molecular weight excluding hydrogens is 330 g/mol. The van der Waals surface area contributed by atoms with E-state index in [1.54, 1.807) is 13.0 Å². The SMILES string of the molecule is Cc1ccc(S(=O)(=O)Oc2ccc([N+](=O)[O-])cc2Cl)cc1C. The van der Waals surface area contributed by atoms with E-state index in [-0.39, 0.29) is 21.4 Å². The van der Waals surface area contributed by atoms with Gasteiger partial charge in [-0.15, -0.1) is 0 Å². The largest absolute Gasteiger partial charge is 0.377 e. The van der Waals surface area contributed by atoms with Crippen LogP contribution in [0.4, 0.5) is 5.69 Å². The summed E-state index contributed by atoms with van der Waals surface area (Å²) in [7, 11) is -4.06. The van der Waals surface area contributed by atoms with Crippen LogP contribution >= 0.6 is 11.6 Å². The summed E-state index contributed by atoms with van der Waals surface area (Å²) >= 11 is 5.83. The standard InChI is InChI=1S/C14H12ClNO5S/c1-9-3-5-12(7-10(9)2)22(19,20)21-14-6-4-11(16(17)18)8-13(14)15/h3-8H,1-2H3. The van der Waals surface area contributed by atoms with E-state index >= 15 is 0 Å². The van der Waals surface area contributed by atoms with Gasteiger partial charge in [-0.05, 0) is 43.2 Å². The Hall–Kier alpha value is -2.12. The molecule has 2 rings (SSSR count). The van der Waals surface area contributed by atoms with Crippen LogP contribution < -0.4 is 4.18 Å². The lowest BCUT2D eigenvalue weighted by Crippen LogP contribution is -2.10. The van der Waals surface area contributed by atoms with E-state index in [2.05, 4.69) is 0 Å². The van der Waals surface area contributed by atoms with Crippen LogP contribution in [0.25, 0.3) is 0 Å². The summed E-state index contributed by atoms with van der Waals surface area (Å²) in [6.45, 7) is 3.65. The molecule has 0 spiro atoms. The van der Waals surface area contributed by atoms with Gasteiger partial charge in [0.15, 0.2) is 5.75 Å². The maximum atomic E-state index is 12.2. The molecule has 6 nitrogen and oxygen atoms in total. The highest BCUT2D eigenvalue weighted by Gasteiger charge is 2.20. The molecule has 0 heterocycles. The fourth-order valence-electron chi connectivity index (χ4n) is 1.71. The molecule has 0 aliphatic carbocycles. The maximum absolute atomic E-state index is 12.2. The Labute approximate surface area is 132 Å². The number of benzene rings is 2. The summed E-state index contributed by atoms with van der Waals surface area (Å²) in [5, 5.41) is 10.5. The van der Waals surface area contributed by atoms with Gasteiger partial charge >= 0.3 is 10.1 Å². The topological polar surface area (TPSA) is 86.5 Å². The van der Waals surface area contributed by atoms with Gasteiger partial charge in [-0.25, -0.2) is 0 Å². The van der Waals surface area contributed by atoms with Crippen molar-refractivity contribution in [3.8, 4) is 5.75 Å². The third-order valence-corrected chi connectivity index (χ3v) is 4.62. The molecule has 0 aliphatic heterocycles. The van der Waals surface area contributed by atoms with Crippen molar-refractivity contribution in [2.45, 2.75) is 18.7 Å². The molecule has 22 heavy (non-hydrogen) atoms. The smallest absolute Gasteiger partial charge is 0.339 e. The van der Waals surface area contributed by atoms with Crippen LogP contribution in [-0.4, -0.2) is 13.3 Å². The van der Waals surface area contributed by atoms with E-state index < -0.39 is 15.0 Å². The first-order valence-electron chi connectivity index (χ1n) is 6.16. The second-order valence-corrected chi connectivity index (χ2v) is 6.61. The number of nitro benzene ring substituents is 1. The second-order valence-electron chi connectivity index (χ2n) is 4.66. The molecule has 116 valence electrons. The molecule has 0 radical (unpaired) electrons. The average Bonchev–Trinajstić information content (AvgIpc) is 2.43. The van der Waals surface area contributed by atoms with Crippen LogP contribution in [0.3, 0.4) is 0 Å². The Morgan fingerprint density at radius 1 is 1.09 bits per heavy atom.